The molecule has 0 unspecified atom stereocenters. The minimum absolute atomic E-state index is 0.0408. The topological polar surface area (TPSA) is 297 Å². The molecule has 2 amide bonds. The number of anilines is 1. The number of carbonyl (C=O) groups is 6. The molecule has 3 aliphatic rings. The van der Waals surface area contributed by atoms with Gasteiger partial charge in [-0.1, -0.05) is 11.8 Å². The third-order valence-electron chi connectivity index (χ3n) is 9.73. The number of hydrogen-bond donors (Lipinski definition) is 1. The van der Waals surface area contributed by atoms with Crippen molar-refractivity contribution in [3.8, 4) is 5.88 Å². The van der Waals surface area contributed by atoms with E-state index in [-0.39, 0.29) is 55.5 Å². The Kier molecular flexibility index (Phi) is 18.3. The van der Waals surface area contributed by atoms with E-state index in [2.05, 4.69) is 8.75 Å². The van der Waals surface area contributed by atoms with Crippen LogP contribution in [-0.4, -0.2) is 160 Å². The van der Waals surface area contributed by atoms with E-state index in [0.29, 0.717) is 49.5 Å². The molecule has 1 aromatic heterocycles. The summed E-state index contributed by atoms with van der Waals surface area (Å²) >= 11 is 1.44. The van der Waals surface area contributed by atoms with Gasteiger partial charge in [-0.2, -0.15) is 4.37 Å². The molecule has 1 fully saturated rings. The predicted molar refractivity (Wildman–Crippen MR) is 228 cm³/mol. The van der Waals surface area contributed by atoms with Gasteiger partial charge in [0.05, 0.1) is 42.8 Å². The molecule has 0 spiro atoms. The number of primary sulfonamides is 1. The van der Waals surface area contributed by atoms with Crippen molar-refractivity contribution in [3.05, 3.63) is 20.1 Å². The van der Waals surface area contributed by atoms with Crippen LogP contribution in [0.25, 0.3) is 0 Å². The summed E-state index contributed by atoms with van der Waals surface area (Å²) in [4.78, 5) is 80.5. The molecule has 1 saturated heterocycles. The van der Waals surface area contributed by atoms with Crippen molar-refractivity contribution in [2.24, 2.45) is 5.14 Å². The SMILES string of the molecule is CCN(C(=O)OCOC(=O)CCCC(=O)OCC(=O)N(C[C@@H](COc1nsnc1N1CCOCC1)OC(=O)[C@H](C)OC(C)=O)C(C)(C)C)[C@H]1C=C(S(N)(=O)=O)SC2=C1C[C@H](C)S2(=O)=O. The first kappa shape index (κ1) is 52.1. The number of amides is 2. The van der Waals surface area contributed by atoms with Gasteiger partial charge in [-0.05, 0) is 66.0 Å². The minimum atomic E-state index is -4.33. The first-order valence-corrected chi connectivity index (χ1v) is 24.7. The Morgan fingerprint density at radius 2 is 1.69 bits per heavy atom. The molecule has 1 aromatic rings. The summed E-state index contributed by atoms with van der Waals surface area (Å²) in [6, 6.07) is -1.11. The fourth-order valence-corrected chi connectivity index (χ4v) is 11.5. The molecular weight excluding hydrogens is 929 g/mol. The average molecular weight is 983 g/mol. The number of sulfone groups is 1. The molecule has 0 aliphatic carbocycles. The van der Waals surface area contributed by atoms with Crippen LogP contribution < -0.4 is 14.8 Å². The molecule has 64 heavy (non-hydrogen) atoms. The van der Waals surface area contributed by atoms with E-state index in [1.165, 1.54) is 24.8 Å². The first-order valence-electron chi connectivity index (χ1n) is 20.0. The zero-order valence-electron chi connectivity index (χ0n) is 36.5. The van der Waals surface area contributed by atoms with Gasteiger partial charge in [0.2, 0.25) is 22.6 Å². The molecule has 4 atom stereocenters. The fourth-order valence-electron chi connectivity index (χ4n) is 6.47. The monoisotopic (exact) mass is 982 g/mol. The summed E-state index contributed by atoms with van der Waals surface area (Å²) in [6.45, 7) is 10.6. The third kappa shape index (κ3) is 14.2. The van der Waals surface area contributed by atoms with Crippen LogP contribution in [0.5, 0.6) is 5.88 Å². The Balaban J connectivity index is 1.28. The van der Waals surface area contributed by atoms with Crippen LogP contribution in [-0.2, 0) is 72.3 Å². The summed E-state index contributed by atoms with van der Waals surface area (Å²) in [7, 11) is -8.19. The highest BCUT2D eigenvalue weighted by atomic mass is 32.3. The lowest BCUT2D eigenvalue weighted by atomic mass is 10.0. The second kappa shape index (κ2) is 22.6. The molecule has 23 nitrogen and oxygen atoms in total. The summed E-state index contributed by atoms with van der Waals surface area (Å²) in [5.41, 5.74) is -0.583. The van der Waals surface area contributed by atoms with Crippen molar-refractivity contribution in [1.82, 2.24) is 18.5 Å². The standard InChI is InChI=1S/C37H54N6O17S4/c1-8-42(27-17-31(64(38,52)53)61-35-26(27)16-22(2)63(35,50)51)36(49)58-21-57-30(47)11-9-10-29(46)55-20-28(45)43(37(5,6)7)18-25(60-34(48)23(3)59-24(4)44)19-56-33-32(39-62-40-33)41-12-14-54-15-13-41/h17,22-23,25,27H,8-16,18-21H2,1-7H3,(H2,38,52,53)/t22-,23-,25-,27-/m0/s1. The van der Waals surface area contributed by atoms with Crippen molar-refractivity contribution >= 4 is 85.0 Å². The number of nitrogens with zero attached hydrogens (tertiary/aromatic N) is 5. The minimum Gasteiger partial charge on any atom is -0.470 e. The lowest BCUT2D eigenvalue weighted by Crippen LogP contribution is -2.52. The third-order valence-corrected chi connectivity index (χ3v) is 15.6. The van der Waals surface area contributed by atoms with Gasteiger partial charge in [0, 0.05) is 44.9 Å². The second-order valence-electron chi connectivity index (χ2n) is 15.6. The van der Waals surface area contributed by atoms with Gasteiger partial charge in [0.25, 0.3) is 11.8 Å². The number of hydrogen-bond acceptors (Lipinski definition) is 22. The number of rotatable bonds is 20. The van der Waals surface area contributed by atoms with Crippen molar-refractivity contribution in [1.29, 1.82) is 0 Å². The van der Waals surface area contributed by atoms with E-state index < -0.39 is 102 Å². The Labute approximate surface area is 379 Å². The van der Waals surface area contributed by atoms with Crippen LogP contribution in [0.1, 0.15) is 74.1 Å². The van der Waals surface area contributed by atoms with Gasteiger partial charge in [-0.25, -0.2) is 31.6 Å². The van der Waals surface area contributed by atoms with E-state index in [9.17, 15) is 45.6 Å². The van der Waals surface area contributed by atoms with Crippen molar-refractivity contribution in [3.63, 3.8) is 0 Å². The Hall–Kier alpha value is -4.57. The molecule has 4 heterocycles. The molecule has 0 bridgehead atoms. The van der Waals surface area contributed by atoms with E-state index in [0.717, 1.165) is 23.6 Å². The van der Waals surface area contributed by atoms with Crippen LogP contribution in [0.4, 0.5) is 10.6 Å². The largest absolute Gasteiger partial charge is 0.470 e. The zero-order chi connectivity index (χ0) is 47.6. The van der Waals surface area contributed by atoms with Crippen molar-refractivity contribution in [2.45, 2.75) is 103 Å². The second-order valence-corrected chi connectivity index (χ2v) is 21.5. The van der Waals surface area contributed by atoms with E-state index >= 15 is 0 Å². The number of aromatic nitrogens is 2. The van der Waals surface area contributed by atoms with Crippen LogP contribution in [0, 0.1) is 0 Å². The zero-order valence-corrected chi connectivity index (χ0v) is 39.7. The van der Waals surface area contributed by atoms with Crippen molar-refractivity contribution in [2.75, 3.05) is 64.3 Å². The number of esters is 4. The number of ether oxygens (including phenoxy) is 7. The number of likely N-dealkylation sites (N-methyl/N-ethyl adjacent to an activating group) is 1. The highest BCUT2D eigenvalue weighted by molar-refractivity contribution is 8.27. The Morgan fingerprint density at radius 3 is 2.30 bits per heavy atom. The predicted octanol–water partition coefficient (Wildman–Crippen LogP) is 1.58. The molecule has 4 rings (SSSR count). The van der Waals surface area contributed by atoms with Gasteiger partial charge in [-0.3, -0.25) is 24.1 Å². The highest BCUT2D eigenvalue weighted by Gasteiger charge is 2.46. The summed E-state index contributed by atoms with van der Waals surface area (Å²) in [5, 5.41) is 4.45. The van der Waals surface area contributed by atoms with Crippen molar-refractivity contribution < 1.29 is 78.8 Å². The lowest BCUT2D eigenvalue weighted by molar-refractivity contribution is -0.172. The van der Waals surface area contributed by atoms with Crippen LogP contribution in [0.3, 0.4) is 0 Å². The molecule has 27 heteroatoms. The molecule has 0 saturated carbocycles. The molecule has 0 radical (unpaired) electrons. The first-order chi connectivity index (χ1) is 29.9. The number of thioether (sulfide) groups is 1. The molecule has 358 valence electrons. The average Bonchev–Trinajstić information content (AvgIpc) is 3.78. The Morgan fingerprint density at radius 1 is 1.03 bits per heavy atom. The Bertz CT molecular complexity index is 2180. The fraction of sp³-hybridized carbons (Fsp3) is 0.676. The van der Waals surface area contributed by atoms with Gasteiger partial charge in [0.1, 0.15) is 15.1 Å². The van der Waals surface area contributed by atoms with Crippen LogP contribution in [0.2, 0.25) is 0 Å². The smallest absolute Gasteiger partial charge is 0.413 e. The van der Waals surface area contributed by atoms with E-state index in [1.807, 2.05) is 4.90 Å². The van der Waals surface area contributed by atoms with Gasteiger partial charge >= 0.3 is 30.0 Å². The maximum atomic E-state index is 13.5. The van der Waals surface area contributed by atoms with Gasteiger partial charge in [-0.15, -0.1) is 4.37 Å². The molecule has 3 aliphatic heterocycles. The summed E-state index contributed by atoms with van der Waals surface area (Å²) in [6.07, 6.45) is -2.86. The lowest BCUT2D eigenvalue weighted by Gasteiger charge is -2.37. The molecule has 2 N–H and O–H groups in total. The molecular formula is C37H54N6O17S4. The maximum absolute atomic E-state index is 13.5. The quantitative estimate of drug-likeness (QED) is 0.110. The van der Waals surface area contributed by atoms with E-state index in [4.69, 9.17) is 38.3 Å². The number of nitrogens with two attached hydrogens (primary N) is 1. The number of morpholine rings is 1. The number of sulfonamides is 1. The summed E-state index contributed by atoms with van der Waals surface area (Å²) < 4.78 is 95.4. The molecule has 0 aromatic carbocycles. The van der Waals surface area contributed by atoms with Crippen LogP contribution >= 0.6 is 23.5 Å². The van der Waals surface area contributed by atoms with E-state index in [1.54, 1.807) is 27.7 Å². The highest BCUT2D eigenvalue weighted by Crippen LogP contribution is 2.49. The maximum Gasteiger partial charge on any atom is 0.413 e. The summed E-state index contributed by atoms with van der Waals surface area (Å²) in [5.74, 6) is -3.25. The van der Waals surface area contributed by atoms with Crippen LogP contribution in [0.15, 0.2) is 20.1 Å². The number of carbonyl (C=O) groups excluding carboxylic acids is 6. The van der Waals surface area contributed by atoms with Gasteiger partial charge in [0.15, 0.2) is 28.7 Å². The normalized spacial score (nSPS) is 19.3. The van der Waals surface area contributed by atoms with Gasteiger partial charge < -0.3 is 43.0 Å².